The maximum Gasteiger partial charge on any atom is 0.256 e. The number of hydrogen-bond donors (Lipinski definition) is 1. The number of carbonyl (C=O) groups excluding carboxylic acids is 1. The Bertz CT molecular complexity index is 477. The summed E-state index contributed by atoms with van der Waals surface area (Å²) in [5.74, 6) is 0.0379. The molecule has 0 spiro atoms. The lowest BCUT2D eigenvalue weighted by Crippen LogP contribution is -2.51. The predicted octanol–water partition coefficient (Wildman–Crippen LogP) is 1.36. The van der Waals surface area contributed by atoms with E-state index in [1.807, 2.05) is 4.90 Å². The summed E-state index contributed by atoms with van der Waals surface area (Å²) in [7, 11) is 0. The molecule has 1 aromatic heterocycles. The zero-order valence-corrected chi connectivity index (χ0v) is 11.8. The van der Waals surface area contributed by atoms with Crippen LogP contribution in [-0.2, 0) is 0 Å². The van der Waals surface area contributed by atoms with E-state index < -0.39 is 0 Å². The predicted molar refractivity (Wildman–Crippen MR) is 78.4 cm³/mol. The van der Waals surface area contributed by atoms with Crippen molar-refractivity contribution in [3.63, 3.8) is 0 Å². The number of nitrogen functional groups attached to an aromatic ring is 1. The number of rotatable bonds is 2. The van der Waals surface area contributed by atoms with Gasteiger partial charge in [0.25, 0.3) is 5.91 Å². The molecule has 2 N–H and O–H groups in total. The number of nitrogens with two attached hydrogens (primary N) is 1. The van der Waals surface area contributed by atoms with Gasteiger partial charge in [-0.3, -0.25) is 14.7 Å². The molecule has 20 heavy (non-hydrogen) atoms. The molecule has 1 saturated carbocycles. The molecule has 108 valence electrons. The summed E-state index contributed by atoms with van der Waals surface area (Å²) in [5.41, 5.74) is 6.88. The molecular weight excluding hydrogens is 252 g/mol. The molecule has 0 unspecified atom stereocenters. The van der Waals surface area contributed by atoms with E-state index in [0.29, 0.717) is 11.3 Å². The van der Waals surface area contributed by atoms with E-state index in [9.17, 15) is 4.79 Å². The fraction of sp³-hybridized carbons (Fsp3) is 0.600. The van der Waals surface area contributed by atoms with Crippen molar-refractivity contribution in [2.24, 2.45) is 0 Å². The van der Waals surface area contributed by atoms with Crippen LogP contribution in [0.5, 0.6) is 0 Å². The number of pyridine rings is 1. The highest BCUT2D eigenvalue weighted by Crippen LogP contribution is 2.24. The summed E-state index contributed by atoms with van der Waals surface area (Å²) in [4.78, 5) is 20.8. The minimum Gasteiger partial charge on any atom is -0.397 e. The van der Waals surface area contributed by atoms with Crippen molar-refractivity contribution >= 4 is 11.6 Å². The molecule has 2 heterocycles. The molecule has 0 atom stereocenters. The summed E-state index contributed by atoms with van der Waals surface area (Å²) in [6.07, 6.45) is 8.53. The third-order valence-corrected chi connectivity index (χ3v) is 4.52. The summed E-state index contributed by atoms with van der Waals surface area (Å²) < 4.78 is 0. The van der Waals surface area contributed by atoms with Crippen LogP contribution in [-0.4, -0.2) is 52.9 Å². The third-order valence-electron chi connectivity index (χ3n) is 4.52. The fourth-order valence-electron chi connectivity index (χ4n) is 3.33. The number of anilines is 1. The van der Waals surface area contributed by atoms with Gasteiger partial charge < -0.3 is 10.6 Å². The Balaban J connectivity index is 1.60. The van der Waals surface area contributed by atoms with Gasteiger partial charge in [0.2, 0.25) is 0 Å². The van der Waals surface area contributed by atoms with Gasteiger partial charge in [-0.1, -0.05) is 12.8 Å². The highest BCUT2D eigenvalue weighted by atomic mass is 16.2. The Morgan fingerprint density at radius 2 is 1.90 bits per heavy atom. The van der Waals surface area contributed by atoms with Crippen LogP contribution in [0.3, 0.4) is 0 Å². The molecule has 2 aliphatic rings. The molecule has 5 heteroatoms. The van der Waals surface area contributed by atoms with E-state index in [1.165, 1.54) is 25.7 Å². The van der Waals surface area contributed by atoms with Crippen LogP contribution in [0.15, 0.2) is 18.5 Å². The number of carbonyl (C=O) groups is 1. The number of amides is 1. The van der Waals surface area contributed by atoms with Crippen LogP contribution in [0.4, 0.5) is 5.69 Å². The van der Waals surface area contributed by atoms with Gasteiger partial charge in [0.15, 0.2) is 0 Å². The molecule has 0 aromatic carbocycles. The van der Waals surface area contributed by atoms with Crippen molar-refractivity contribution in [3.8, 4) is 0 Å². The average molecular weight is 274 g/mol. The molecule has 0 bridgehead atoms. The van der Waals surface area contributed by atoms with Gasteiger partial charge in [0.05, 0.1) is 17.4 Å². The van der Waals surface area contributed by atoms with Gasteiger partial charge in [-0.2, -0.15) is 0 Å². The lowest BCUT2D eigenvalue weighted by Gasteiger charge is -2.38. The third kappa shape index (κ3) is 2.63. The topological polar surface area (TPSA) is 62.5 Å². The molecule has 1 aromatic rings. The largest absolute Gasteiger partial charge is 0.397 e. The van der Waals surface area contributed by atoms with E-state index in [-0.39, 0.29) is 5.91 Å². The van der Waals surface area contributed by atoms with Crippen molar-refractivity contribution in [2.45, 2.75) is 31.7 Å². The molecule has 1 aliphatic carbocycles. The van der Waals surface area contributed by atoms with E-state index >= 15 is 0 Å². The highest BCUT2D eigenvalue weighted by Gasteiger charge is 2.28. The van der Waals surface area contributed by atoms with Gasteiger partial charge in [-0.05, 0) is 18.9 Å². The number of aromatic nitrogens is 1. The van der Waals surface area contributed by atoms with Crippen LogP contribution in [0, 0.1) is 0 Å². The SMILES string of the molecule is Nc1cnccc1C(=O)N1CCN(C2CCCC2)CC1. The minimum absolute atomic E-state index is 0.0379. The van der Waals surface area contributed by atoms with Crippen molar-refractivity contribution in [1.29, 1.82) is 0 Å². The van der Waals surface area contributed by atoms with E-state index in [0.717, 1.165) is 32.2 Å². The van der Waals surface area contributed by atoms with E-state index in [2.05, 4.69) is 9.88 Å². The zero-order chi connectivity index (χ0) is 13.9. The molecule has 1 amide bonds. The van der Waals surface area contributed by atoms with Crippen LogP contribution < -0.4 is 5.73 Å². The first-order chi connectivity index (χ1) is 9.75. The zero-order valence-electron chi connectivity index (χ0n) is 11.8. The van der Waals surface area contributed by atoms with Crippen molar-refractivity contribution in [3.05, 3.63) is 24.0 Å². The summed E-state index contributed by atoms with van der Waals surface area (Å²) in [5, 5.41) is 0. The second-order valence-corrected chi connectivity index (χ2v) is 5.73. The molecule has 2 fully saturated rings. The maximum absolute atomic E-state index is 12.4. The lowest BCUT2D eigenvalue weighted by atomic mass is 10.1. The Morgan fingerprint density at radius 1 is 1.20 bits per heavy atom. The molecule has 1 saturated heterocycles. The summed E-state index contributed by atoms with van der Waals surface area (Å²) in [6, 6.07) is 2.46. The molecule has 0 radical (unpaired) electrons. The van der Waals surface area contributed by atoms with Gasteiger partial charge in [0.1, 0.15) is 0 Å². The molecule has 5 nitrogen and oxygen atoms in total. The monoisotopic (exact) mass is 274 g/mol. The first-order valence-electron chi connectivity index (χ1n) is 7.48. The lowest BCUT2D eigenvalue weighted by molar-refractivity contribution is 0.0574. The Kier molecular flexibility index (Phi) is 3.87. The van der Waals surface area contributed by atoms with Crippen molar-refractivity contribution in [2.75, 3.05) is 31.9 Å². The Labute approximate surface area is 119 Å². The first kappa shape index (κ1) is 13.4. The van der Waals surface area contributed by atoms with Crippen LogP contribution >= 0.6 is 0 Å². The van der Waals surface area contributed by atoms with E-state index in [4.69, 9.17) is 5.73 Å². The van der Waals surface area contributed by atoms with Gasteiger partial charge in [0, 0.05) is 38.4 Å². The quantitative estimate of drug-likeness (QED) is 0.884. The maximum atomic E-state index is 12.4. The number of nitrogens with zero attached hydrogens (tertiary/aromatic N) is 3. The highest BCUT2D eigenvalue weighted by molar-refractivity contribution is 5.98. The molecule has 1 aliphatic heterocycles. The van der Waals surface area contributed by atoms with Crippen LogP contribution in [0.1, 0.15) is 36.0 Å². The Morgan fingerprint density at radius 3 is 2.55 bits per heavy atom. The second kappa shape index (κ2) is 5.79. The minimum atomic E-state index is 0.0379. The summed E-state index contributed by atoms with van der Waals surface area (Å²) >= 11 is 0. The van der Waals surface area contributed by atoms with Crippen LogP contribution in [0.25, 0.3) is 0 Å². The standard InChI is InChI=1S/C15H22N4O/c16-14-11-17-6-5-13(14)15(20)19-9-7-18(8-10-19)12-3-1-2-4-12/h5-6,11-12H,1-4,7-10,16H2. The number of piperazine rings is 1. The Hall–Kier alpha value is -1.62. The van der Waals surface area contributed by atoms with Gasteiger partial charge in [-0.15, -0.1) is 0 Å². The average Bonchev–Trinajstić information content (AvgIpc) is 3.01. The van der Waals surface area contributed by atoms with E-state index in [1.54, 1.807) is 18.5 Å². The second-order valence-electron chi connectivity index (χ2n) is 5.73. The van der Waals surface area contributed by atoms with Crippen molar-refractivity contribution in [1.82, 2.24) is 14.8 Å². The van der Waals surface area contributed by atoms with Gasteiger partial charge in [-0.25, -0.2) is 0 Å². The van der Waals surface area contributed by atoms with Crippen molar-refractivity contribution < 1.29 is 4.79 Å². The van der Waals surface area contributed by atoms with Crippen LogP contribution in [0.2, 0.25) is 0 Å². The smallest absolute Gasteiger partial charge is 0.256 e. The normalized spacial score (nSPS) is 21.3. The summed E-state index contributed by atoms with van der Waals surface area (Å²) in [6.45, 7) is 3.58. The first-order valence-corrected chi connectivity index (χ1v) is 7.48. The van der Waals surface area contributed by atoms with Gasteiger partial charge >= 0.3 is 0 Å². The molecular formula is C15H22N4O. The fourth-order valence-corrected chi connectivity index (χ4v) is 3.33. The molecule has 3 rings (SSSR count). The number of hydrogen-bond acceptors (Lipinski definition) is 4.